The van der Waals surface area contributed by atoms with E-state index < -0.39 is 0 Å². The van der Waals surface area contributed by atoms with Crippen LogP contribution in [0.4, 0.5) is 0 Å². The molecule has 0 aliphatic rings. The molecule has 0 saturated heterocycles. The minimum absolute atomic E-state index is 0.866. The van der Waals surface area contributed by atoms with Gasteiger partial charge >= 0.3 is 0 Å². The van der Waals surface area contributed by atoms with Crippen LogP contribution in [0.25, 0.3) is 0 Å². The van der Waals surface area contributed by atoms with Crippen LogP contribution in [0, 0.1) is 0 Å². The van der Waals surface area contributed by atoms with Crippen LogP contribution in [0.15, 0.2) is 88.7 Å². The zero-order valence-corrected chi connectivity index (χ0v) is 17.2. The van der Waals surface area contributed by atoms with Gasteiger partial charge in [-0.3, -0.25) is 0 Å². The average molecular weight is 411 g/mol. The van der Waals surface area contributed by atoms with E-state index in [0.717, 1.165) is 17.1 Å². The van der Waals surface area contributed by atoms with Crippen molar-refractivity contribution < 1.29 is 29.3 Å². The molecule has 0 aliphatic carbocycles. The third-order valence-corrected chi connectivity index (χ3v) is 3.86. The molecule has 156 valence electrons. The van der Waals surface area contributed by atoms with Gasteiger partial charge in [-0.1, -0.05) is 15.5 Å². The Labute approximate surface area is 175 Å². The molecular formula is C21H27N6O3+3. The lowest BCUT2D eigenvalue weighted by atomic mass is 10.4. The van der Waals surface area contributed by atoms with Crippen molar-refractivity contribution in [2.75, 3.05) is 0 Å². The lowest BCUT2D eigenvalue weighted by Crippen LogP contribution is -2.32. The van der Waals surface area contributed by atoms with Crippen molar-refractivity contribution in [2.45, 2.75) is 0 Å². The summed E-state index contributed by atoms with van der Waals surface area (Å²) in [6, 6.07) is 17.0. The number of nitrogens with zero attached hydrogens (tertiary/aromatic N) is 6. The van der Waals surface area contributed by atoms with Gasteiger partial charge in [0.15, 0.2) is 18.6 Å². The molecule has 3 heterocycles. The van der Waals surface area contributed by atoms with E-state index in [1.165, 1.54) is 18.6 Å². The maximum atomic E-state index is 8.20. The van der Waals surface area contributed by atoms with Gasteiger partial charge in [0.2, 0.25) is 17.1 Å². The SMILES string of the molecule is C[n+]1ccccc1/C=N/O.C[n+]1ccccc1/C=N/O.C[n+]1ccccc1/C=N/O. The summed E-state index contributed by atoms with van der Waals surface area (Å²) < 4.78 is 5.58. The molecule has 30 heavy (non-hydrogen) atoms. The standard InChI is InChI=1S/3C7H8N2O/c3*1-9-5-3-2-4-7(9)6-8-10/h3*2-6H,1H3/p+3. The van der Waals surface area contributed by atoms with E-state index in [-0.39, 0.29) is 0 Å². The molecule has 0 spiro atoms. The van der Waals surface area contributed by atoms with Gasteiger partial charge in [-0.05, 0) is 18.2 Å². The Morgan fingerprint density at radius 3 is 1.00 bits per heavy atom. The molecule has 0 unspecified atom stereocenters. The highest BCUT2D eigenvalue weighted by molar-refractivity contribution is 5.74. The molecule has 0 bridgehead atoms. The molecule has 0 saturated carbocycles. The monoisotopic (exact) mass is 411 g/mol. The van der Waals surface area contributed by atoms with Crippen molar-refractivity contribution in [3.8, 4) is 0 Å². The Kier molecular flexibility index (Phi) is 11.1. The van der Waals surface area contributed by atoms with Gasteiger partial charge in [0, 0.05) is 36.4 Å². The molecule has 3 N–H and O–H groups in total. The third kappa shape index (κ3) is 8.70. The lowest BCUT2D eigenvalue weighted by molar-refractivity contribution is -0.672. The molecule has 0 amide bonds. The minimum atomic E-state index is 0.866. The predicted octanol–water partition coefficient (Wildman–Crippen LogP) is 0.958. The van der Waals surface area contributed by atoms with Crippen LogP contribution in [0.5, 0.6) is 0 Å². The maximum Gasteiger partial charge on any atom is 0.226 e. The topological polar surface area (TPSA) is 109 Å². The Balaban J connectivity index is 0.000000225. The van der Waals surface area contributed by atoms with E-state index in [4.69, 9.17) is 15.6 Å². The summed E-state index contributed by atoms with van der Waals surface area (Å²) in [5.74, 6) is 0. The number of rotatable bonds is 3. The van der Waals surface area contributed by atoms with Gasteiger partial charge < -0.3 is 15.6 Å². The van der Waals surface area contributed by atoms with Crippen LogP contribution < -0.4 is 13.7 Å². The van der Waals surface area contributed by atoms with Crippen molar-refractivity contribution in [3.05, 3.63) is 90.3 Å². The fourth-order valence-electron chi connectivity index (χ4n) is 2.19. The molecule has 3 rings (SSSR count). The highest BCUT2D eigenvalue weighted by atomic mass is 16.4. The number of hydrogen-bond donors (Lipinski definition) is 3. The number of oxime groups is 3. The van der Waals surface area contributed by atoms with Crippen molar-refractivity contribution >= 4 is 18.6 Å². The number of hydrogen-bond acceptors (Lipinski definition) is 6. The van der Waals surface area contributed by atoms with Gasteiger partial charge in [0.1, 0.15) is 39.8 Å². The quantitative estimate of drug-likeness (QED) is 0.258. The highest BCUT2D eigenvalue weighted by Gasteiger charge is 1.99. The third-order valence-electron chi connectivity index (χ3n) is 3.86. The normalized spacial score (nSPS) is 10.5. The zero-order chi connectivity index (χ0) is 22.2. The van der Waals surface area contributed by atoms with Crippen LogP contribution in [-0.2, 0) is 21.1 Å². The second-order valence-corrected chi connectivity index (χ2v) is 5.94. The summed E-state index contributed by atoms with van der Waals surface area (Å²) in [6.07, 6.45) is 9.82. The van der Waals surface area contributed by atoms with Crippen LogP contribution in [0.2, 0.25) is 0 Å². The summed E-state index contributed by atoms with van der Waals surface area (Å²) in [4.78, 5) is 0. The Morgan fingerprint density at radius 1 is 0.533 bits per heavy atom. The molecule has 0 atom stereocenters. The van der Waals surface area contributed by atoms with E-state index in [1.807, 2.05) is 108 Å². The average Bonchev–Trinajstić information content (AvgIpc) is 2.75. The van der Waals surface area contributed by atoms with Crippen molar-refractivity contribution in [1.29, 1.82) is 0 Å². The Hall–Kier alpha value is -4.14. The first-order valence-electron chi connectivity index (χ1n) is 8.89. The minimum Gasteiger partial charge on any atom is -0.411 e. The molecule has 0 aliphatic heterocycles. The van der Waals surface area contributed by atoms with Crippen LogP contribution >= 0.6 is 0 Å². The molecule has 0 fully saturated rings. The number of aryl methyl sites for hydroxylation is 3. The highest BCUT2D eigenvalue weighted by Crippen LogP contribution is 1.85. The molecule has 3 aromatic heterocycles. The van der Waals surface area contributed by atoms with E-state index in [9.17, 15) is 0 Å². The van der Waals surface area contributed by atoms with Crippen molar-refractivity contribution in [2.24, 2.45) is 36.6 Å². The number of pyridine rings is 3. The lowest BCUT2D eigenvalue weighted by Gasteiger charge is -1.88. The van der Waals surface area contributed by atoms with Gasteiger partial charge in [-0.2, -0.15) is 0 Å². The second-order valence-electron chi connectivity index (χ2n) is 5.94. The molecule has 0 radical (unpaired) electrons. The largest absolute Gasteiger partial charge is 0.411 e. The van der Waals surface area contributed by atoms with E-state index in [2.05, 4.69) is 15.5 Å². The van der Waals surface area contributed by atoms with Crippen LogP contribution in [0.1, 0.15) is 17.1 Å². The Bertz CT molecular complexity index is 863. The summed E-state index contributed by atoms with van der Waals surface area (Å²) in [7, 11) is 5.66. The van der Waals surface area contributed by atoms with Crippen LogP contribution in [-0.4, -0.2) is 34.3 Å². The van der Waals surface area contributed by atoms with Gasteiger partial charge in [0.05, 0.1) is 0 Å². The van der Waals surface area contributed by atoms with Crippen molar-refractivity contribution in [3.63, 3.8) is 0 Å². The van der Waals surface area contributed by atoms with Gasteiger partial charge in [-0.15, -0.1) is 0 Å². The molecular weight excluding hydrogens is 384 g/mol. The molecule has 9 nitrogen and oxygen atoms in total. The van der Waals surface area contributed by atoms with Gasteiger partial charge in [-0.25, -0.2) is 13.7 Å². The van der Waals surface area contributed by atoms with E-state index in [1.54, 1.807) is 0 Å². The molecule has 9 heteroatoms. The summed E-state index contributed by atoms with van der Waals surface area (Å²) in [5.41, 5.74) is 2.60. The van der Waals surface area contributed by atoms with Crippen LogP contribution in [0.3, 0.4) is 0 Å². The van der Waals surface area contributed by atoms with E-state index >= 15 is 0 Å². The molecule has 0 aromatic carbocycles. The first-order chi connectivity index (χ1) is 14.5. The summed E-state index contributed by atoms with van der Waals surface area (Å²) in [5, 5.41) is 33.4. The molecule has 3 aromatic rings. The predicted molar refractivity (Wildman–Crippen MR) is 111 cm³/mol. The Morgan fingerprint density at radius 2 is 0.800 bits per heavy atom. The zero-order valence-electron chi connectivity index (χ0n) is 17.2. The number of aromatic nitrogens is 3. The first-order valence-corrected chi connectivity index (χ1v) is 8.89. The first kappa shape index (κ1) is 23.9. The summed E-state index contributed by atoms with van der Waals surface area (Å²) >= 11 is 0. The van der Waals surface area contributed by atoms with E-state index in [0.29, 0.717) is 0 Å². The van der Waals surface area contributed by atoms with Crippen molar-refractivity contribution in [1.82, 2.24) is 0 Å². The van der Waals surface area contributed by atoms with Gasteiger partial charge in [0.25, 0.3) is 0 Å². The second kappa shape index (κ2) is 13.9. The fourth-order valence-corrected chi connectivity index (χ4v) is 2.19. The fraction of sp³-hybridized carbons (Fsp3) is 0.143. The summed E-state index contributed by atoms with van der Waals surface area (Å²) in [6.45, 7) is 0. The maximum absolute atomic E-state index is 8.20. The smallest absolute Gasteiger partial charge is 0.226 e.